The first-order valence-corrected chi connectivity index (χ1v) is 5.78. The standard InChI is InChI=1S/C10H15ClN4O2/c1-4-5-14(7(2)3)9-8(15(16)17)6-12-10(11)13-9/h6-7H,4-5H2,1-3H3. The fraction of sp³-hybridized carbons (Fsp3) is 0.600. The summed E-state index contributed by atoms with van der Waals surface area (Å²) in [6, 6.07) is 0.111. The largest absolute Gasteiger partial charge is 0.348 e. The van der Waals surface area contributed by atoms with Crippen molar-refractivity contribution in [2.24, 2.45) is 0 Å². The van der Waals surface area contributed by atoms with Gasteiger partial charge < -0.3 is 4.90 Å². The van der Waals surface area contributed by atoms with Gasteiger partial charge in [-0.15, -0.1) is 0 Å². The van der Waals surface area contributed by atoms with E-state index in [1.807, 2.05) is 25.7 Å². The van der Waals surface area contributed by atoms with Gasteiger partial charge in [0.1, 0.15) is 6.20 Å². The van der Waals surface area contributed by atoms with Crippen LogP contribution in [-0.2, 0) is 0 Å². The SMILES string of the molecule is CCCN(c1nc(Cl)ncc1[N+](=O)[O-])C(C)C. The van der Waals surface area contributed by atoms with Gasteiger partial charge in [-0.05, 0) is 31.9 Å². The zero-order valence-electron chi connectivity index (χ0n) is 10.1. The lowest BCUT2D eigenvalue weighted by Gasteiger charge is -2.26. The number of hydrogen-bond donors (Lipinski definition) is 0. The van der Waals surface area contributed by atoms with Crippen LogP contribution in [0.2, 0.25) is 5.28 Å². The molecule has 1 heterocycles. The van der Waals surface area contributed by atoms with Crippen LogP contribution in [0.4, 0.5) is 11.5 Å². The molecule has 1 aromatic rings. The van der Waals surface area contributed by atoms with E-state index >= 15 is 0 Å². The Bertz CT molecular complexity index is 411. The average molecular weight is 259 g/mol. The summed E-state index contributed by atoms with van der Waals surface area (Å²) in [5.41, 5.74) is -0.114. The fourth-order valence-electron chi connectivity index (χ4n) is 1.54. The number of anilines is 1. The van der Waals surface area contributed by atoms with Crippen LogP contribution < -0.4 is 4.90 Å². The molecule has 0 aromatic carbocycles. The van der Waals surface area contributed by atoms with Crippen molar-refractivity contribution in [1.29, 1.82) is 0 Å². The smallest absolute Gasteiger partial charge is 0.329 e. The van der Waals surface area contributed by atoms with E-state index in [-0.39, 0.29) is 22.8 Å². The summed E-state index contributed by atoms with van der Waals surface area (Å²) in [6.45, 7) is 6.60. The predicted octanol–water partition coefficient (Wildman–Crippen LogP) is 2.66. The monoisotopic (exact) mass is 258 g/mol. The van der Waals surface area contributed by atoms with Crippen LogP contribution in [-0.4, -0.2) is 27.5 Å². The second-order valence-corrected chi connectivity index (χ2v) is 4.23. The third kappa shape index (κ3) is 3.26. The molecule has 6 nitrogen and oxygen atoms in total. The first-order valence-electron chi connectivity index (χ1n) is 5.41. The second-order valence-electron chi connectivity index (χ2n) is 3.89. The van der Waals surface area contributed by atoms with Gasteiger partial charge in [0, 0.05) is 12.6 Å². The lowest BCUT2D eigenvalue weighted by Crippen LogP contribution is -2.32. The van der Waals surface area contributed by atoms with Crippen LogP contribution in [0, 0.1) is 10.1 Å². The minimum absolute atomic E-state index is 0.0207. The normalized spacial score (nSPS) is 10.6. The lowest BCUT2D eigenvalue weighted by molar-refractivity contribution is -0.384. The number of nitro groups is 1. The van der Waals surface area contributed by atoms with Gasteiger partial charge in [-0.25, -0.2) is 4.98 Å². The second kappa shape index (κ2) is 5.77. The van der Waals surface area contributed by atoms with Gasteiger partial charge in [0.25, 0.3) is 0 Å². The van der Waals surface area contributed by atoms with Gasteiger partial charge in [0.05, 0.1) is 4.92 Å². The van der Waals surface area contributed by atoms with E-state index in [1.165, 1.54) is 0 Å². The van der Waals surface area contributed by atoms with Crippen molar-refractivity contribution in [2.75, 3.05) is 11.4 Å². The van der Waals surface area contributed by atoms with Gasteiger partial charge in [-0.3, -0.25) is 10.1 Å². The van der Waals surface area contributed by atoms with Crippen molar-refractivity contribution in [3.8, 4) is 0 Å². The van der Waals surface area contributed by atoms with E-state index < -0.39 is 4.92 Å². The minimum Gasteiger partial charge on any atom is -0.348 e. The molecule has 0 amide bonds. The van der Waals surface area contributed by atoms with Crippen molar-refractivity contribution in [1.82, 2.24) is 9.97 Å². The van der Waals surface area contributed by atoms with Crippen molar-refractivity contribution in [3.05, 3.63) is 21.6 Å². The molecule has 0 unspecified atom stereocenters. The summed E-state index contributed by atoms with van der Waals surface area (Å²) in [7, 11) is 0. The van der Waals surface area contributed by atoms with E-state index in [0.717, 1.165) is 12.6 Å². The quantitative estimate of drug-likeness (QED) is 0.461. The molecule has 94 valence electrons. The highest BCUT2D eigenvalue weighted by Crippen LogP contribution is 2.27. The summed E-state index contributed by atoms with van der Waals surface area (Å²) in [4.78, 5) is 19.9. The molecule has 0 aliphatic heterocycles. The number of halogens is 1. The first-order chi connectivity index (χ1) is 7.97. The summed E-state index contributed by atoms with van der Waals surface area (Å²) >= 11 is 5.70. The summed E-state index contributed by atoms with van der Waals surface area (Å²) in [5.74, 6) is 0.284. The maximum absolute atomic E-state index is 10.9. The Morgan fingerprint density at radius 1 is 1.59 bits per heavy atom. The molecule has 0 atom stereocenters. The number of aromatic nitrogens is 2. The fourth-order valence-corrected chi connectivity index (χ4v) is 1.66. The maximum atomic E-state index is 10.9. The molecular formula is C10H15ClN4O2. The summed E-state index contributed by atoms with van der Waals surface area (Å²) in [6.07, 6.45) is 2.02. The zero-order valence-corrected chi connectivity index (χ0v) is 10.8. The Kier molecular flexibility index (Phi) is 4.62. The van der Waals surface area contributed by atoms with Gasteiger partial charge in [0.2, 0.25) is 11.1 Å². The van der Waals surface area contributed by atoms with E-state index in [4.69, 9.17) is 11.6 Å². The summed E-state index contributed by atoms with van der Waals surface area (Å²) in [5, 5.41) is 10.9. The Morgan fingerprint density at radius 3 is 2.71 bits per heavy atom. The van der Waals surface area contributed by atoms with Gasteiger partial charge in [-0.2, -0.15) is 4.98 Å². The van der Waals surface area contributed by atoms with Crippen molar-refractivity contribution in [3.63, 3.8) is 0 Å². The van der Waals surface area contributed by atoms with Crippen LogP contribution >= 0.6 is 11.6 Å². The molecule has 0 fully saturated rings. The van der Waals surface area contributed by atoms with Crippen LogP contribution in [0.1, 0.15) is 27.2 Å². The van der Waals surface area contributed by atoms with Gasteiger partial charge in [0.15, 0.2) is 0 Å². The molecule has 0 bridgehead atoms. The third-order valence-electron chi connectivity index (χ3n) is 2.28. The molecule has 0 N–H and O–H groups in total. The molecule has 0 spiro atoms. The van der Waals surface area contributed by atoms with Crippen LogP contribution in [0.15, 0.2) is 6.20 Å². The van der Waals surface area contributed by atoms with E-state index in [2.05, 4.69) is 9.97 Å². The summed E-state index contributed by atoms with van der Waals surface area (Å²) < 4.78 is 0. The highest BCUT2D eigenvalue weighted by atomic mass is 35.5. The van der Waals surface area contributed by atoms with E-state index in [1.54, 1.807) is 0 Å². The van der Waals surface area contributed by atoms with Gasteiger partial charge >= 0.3 is 5.69 Å². The molecular weight excluding hydrogens is 244 g/mol. The van der Waals surface area contributed by atoms with Crippen LogP contribution in [0.5, 0.6) is 0 Å². The van der Waals surface area contributed by atoms with Crippen LogP contribution in [0.3, 0.4) is 0 Å². The third-order valence-corrected chi connectivity index (χ3v) is 2.46. The van der Waals surface area contributed by atoms with E-state index in [9.17, 15) is 10.1 Å². The minimum atomic E-state index is -0.489. The highest BCUT2D eigenvalue weighted by Gasteiger charge is 2.23. The molecule has 0 radical (unpaired) electrons. The van der Waals surface area contributed by atoms with Crippen molar-refractivity contribution in [2.45, 2.75) is 33.2 Å². The molecule has 0 saturated heterocycles. The number of hydrogen-bond acceptors (Lipinski definition) is 5. The molecule has 1 aromatic heterocycles. The lowest BCUT2D eigenvalue weighted by atomic mass is 10.2. The Balaban J connectivity index is 3.24. The van der Waals surface area contributed by atoms with Gasteiger partial charge in [-0.1, -0.05) is 6.92 Å². The number of rotatable bonds is 5. The highest BCUT2D eigenvalue weighted by molar-refractivity contribution is 6.28. The Labute approximate surface area is 105 Å². The van der Waals surface area contributed by atoms with Crippen molar-refractivity contribution < 1.29 is 4.92 Å². The van der Waals surface area contributed by atoms with Crippen molar-refractivity contribution >= 4 is 23.1 Å². The number of nitrogens with zero attached hydrogens (tertiary/aromatic N) is 4. The molecule has 17 heavy (non-hydrogen) atoms. The molecule has 7 heteroatoms. The predicted molar refractivity (Wildman–Crippen MR) is 66.5 cm³/mol. The maximum Gasteiger partial charge on any atom is 0.329 e. The molecule has 0 aliphatic rings. The average Bonchev–Trinajstić information content (AvgIpc) is 2.24. The first kappa shape index (κ1) is 13.6. The molecule has 0 aliphatic carbocycles. The Morgan fingerprint density at radius 2 is 2.24 bits per heavy atom. The van der Waals surface area contributed by atoms with E-state index in [0.29, 0.717) is 6.54 Å². The molecule has 0 saturated carbocycles. The topological polar surface area (TPSA) is 72.2 Å². The molecule has 1 rings (SSSR count). The van der Waals surface area contributed by atoms with Crippen LogP contribution in [0.25, 0.3) is 0 Å². The zero-order chi connectivity index (χ0) is 13.0. The Hall–Kier alpha value is -1.43.